The molecule has 2 aliphatic rings. The van der Waals surface area contributed by atoms with Gasteiger partial charge in [0.25, 0.3) is 0 Å². The molecular formula is C55H86O14. The fourth-order valence-electron chi connectivity index (χ4n) is 6.97. The number of allylic oxidation sites excluding steroid dienone is 19. The van der Waals surface area contributed by atoms with E-state index in [-0.39, 0.29) is 19.6 Å². The van der Waals surface area contributed by atoms with Crippen molar-refractivity contribution in [1.29, 1.82) is 0 Å². The van der Waals surface area contributed by atoms with Crippen molar-refractivity contribution in [3.63, 3.8) is 0 Å². The number of esters is 1. The van der Waals surface area contributed by atoms with Crippen LogP contribution in [0.1, 0.15) is 117 Å². The fourth-order valence-corrected chi connectivity index (χ4v) is 6.97. The molecule has 7 N–H and O–H groups in total. The first-order valence-corrected chi connectivity index (χ1v) is 25.1. The standard InChI is InChI=1S/C55H86O14/c1-3-5-7-9-11-13-15-17-19-20-21-22-23-25-27-29-31-33-35-37-39-64-41-44(67-47(57)38-36-34-32-30-28-26-24-18-16-14-12-10-8-6-4-2)42-65-54-53(63)51(61)49(59)46(69-54)43-66-55-52(62)50(60)48(58)45(40-56)68-55/h5-8,11-14,17-19,21-22,24-25,27-28,30,34,36,44-46,48-56,58-63H,3-4,9-10,15-16,20,23,26,29,31-33,35,37-43H2,1-2H3/b7-5-,8-6-,13-11-,14-12-,19-17-,22-21-,24-18-,27-25-,30-28-,36-34-. The molecule has 0 saturated carbocycles. The van der Waals surface area contributed by atoms with E-state index < -0.39 is 86.7 Å². The zero-order valence-corrected chi connectivity index (χ0v) is 41.2. The number of aliphatic hydroxyl groups excluding tert-OH is 7. The number of ether oxygens (including phenoxy) is 6. The maximum absolute atomic E-state index is 12.9. The summed E-state index contributed by atoms with van der Waals surface area (Å²) in [6.45, 7) is 3.22. The highest BCUT2D eigenvalue weighted by Crippen LogP contribution is 2.26. The van der Waals surface area contributed by atoms with E-state index in [1.54, 1.807) is 6.08 Å². The second kappa shape index (κ2) is 41.1. The molecule has 14 nitrogen and oxygen atoms in total. The maximum Gasteiger partial charge on any atom is 0.310 e. The highest BCUT2D eigenvalue weighted by atomic mass is 16.7. The number of carbonyl (C=O) groups is 1. The summed E-state index contributed by atoms with van der Waals surface area (Å²) < 4.78 is 34.1. The van der Waals surface area contributed by atoms with Crippen molar-refractivity contribution in [2.75, 3.05) is 33.0 Å². The van der Waals surface area contributed by atoms with Gasteiger partial charge in [-0.2, -0.15) is 0 Å². The maximum atomic E-state index is 12.9. The lowest BCUT2D eigenvalue weighted by Crippen LogP contribution is -2.61. The van der Waals surface area contributed by atoms with E-state index in [2.05, 4.69) is 117 Å². The Morgan fingerprint density at radius 3 is 1.39 bits per heavy atom. The summed E-state index contributed by atoms with van der Waals surface area (Å²) in [4.78, 5) is 12.9. The molecule has 390 valence electrons. The van der Waals surface area contributed by atoms with Crippen LogP contribution in [0.2, 0.25) is 0 Å². The number of rotatable bonds is 37. The van der Waals surface area contributed by atoms with Gasteiger partial charge in [-0.3, -0.25) is 4.79 Å². The molecule has 0 aromatic carbocycles. The molecule has 2 saturated heterocycles. The average molecular weight is 971 g/mol. The van der Waals surface area contributed by atoms with Gasteiger partial charge in [0.05, 0.1) is 32.8 Å². The van der Waals surface area contributed by atoms with Gasteiger partial charge in [0.2, 0.25) is 0 Å². The van der Waals surface area contributed by atoms with Gasteiger partial charge >= 0.3 is 5.97 Å². The number of hydrogen-bond donors (Lipinski definition) is 7. The van der Waals surface area contributed by atoms with Crippen LogP contribution < -0.4 is 0 Å². The van der Waals surface area contributed by atoms with Gasteiger partial charge in [-0.1, -0.05) is 148 Å². The second-order valence-corrected chi connectivity index (χ2v) is 16.9. The molecule has 2 aliphatic heterocycles. The lowest BCUT2D eigenvalue weighted by Gasteiger charge is -2.42. The van der Waals surface area contributed by atoms with Crippen molar-refractivity contribution >= 4 is 5.97 Å². The molecule has 11 unspecified atom stereocenters. The fraction of sp³-hybridized carbons (Fsp3) is 0.618. The van der Waals surface area contributed by atoms with Crippen molar-refractivity contribution in [1.82, 2.24) is 0 Å². The van der Waals surface area contributed by atoms with E-state index in [0.717, 1.165) is 89.9 Å². The van der Waals surface area contributed by atoms with Gasteiger partial charge in [-0.15, -0.1) is 0 Å². The predicted molar refractivity (Wildman–Crippen MR) is 270 cm³/mol. The Kier molecular flexibility index (Phi) is 36.6. The highest BCUT2D eigenvalue weighted by molar-refractivity contribution is 5.71. The minimum Gasteiger partial charge on any atom is -0.457 e. The topological polar surface area (TPSA) is 214 Å². The van der Waals surface area contributed by atoms with Crippen LogP contribution in [-0.4, -0.2) is 142 Å². The lowest BCUT2D eigenvalue weighted by molar-refractivity contribution is -0.332. The van der Waals surface area contributed by atoms with Crippen LogP contribution in [0.5, 0.6) is 0 Å². The van der Waals surface area contributed by atoms with Crippen LogP contribution in [0.25, 0.3) is 0 Å². The average Bonchev–Trinajstić information content (AvgIpc) is 3.35. The van der Waals surface area contributed by atoms with Crippen molar-refractivity contribution in [3.05, 3.63) is 122 Å². The molecule has 2 fully saturated rings. The van der Waals surface area contributed by atoms with Crippen molar-refractivity contribution in [2.45, 2.75) is 184 Å². The van der Waals surface area contributed by atoms with Gasteiger partial charge in [0.1, 0.15) is 54.9 Å². The van der Waals surface area contributed by atoms with E-state index in [4.69, 9.17) is 28.4 Å². The summed E-state index contributed by atoms with van der Waals surface area (Å²) in [5.74, 6) is -0.519. The van der Waals surface area contributed by atoms with E-state index in [9.17, 15) is 40.5 Å². The lowest BCUT2D eigenvalue weighted by atomic mass is 9.98. The Hall–Kier alpha value is -3.61. The first kappa shape index (κ1) is 61.5. The third kappa shape index (κ3) is 28.7. The van der Waals surface area contributed by atoms with Crippen LogP contribution in [0, 0.1) is 0 Å². The van der Waals surface area contributed by atoms with E-state index in [1.165, 1.54) is 0 Å². The Morgan fingerprint density at radius 2 is 0.899 bits per heavy atom. The van der Waals surface area contributed by atoms with Gasteiger partial charge in [0.15, 0.2) is 12.6 Å². The Bertz CT molecular complexity index is 1600. The first-order valence-electron chi connectivity index (χ1n) is 25.1. The third-order valence-electron chi connectivity index (χ3n) is 11.0. The minimum atomic E-state index is -1.74. The molecule has 14 heteroatoms. The Morgan fingerprint density at radius 1 is 0.478 bits per heavy atom. The number of unbranched alkanes of at least 4 members (excludes halogenated alkanes) is 4. The van der Waals surface area contributed by atoms with E-state index in [0.29, 0.717) is 13.0 Å². The summed E-state index contributed by atoms with van der Waals surface area (Å²) in [7, 11) is 0. The van der Waals surface area contributed by atoms with Crippen molar-refractivity contribution < 1.29 is 69.0 Å². The molecule has 0 spiro atoms. The summed E-state index contributed by atoms with van der Waals surface area (Å²) in [5, 5.41) is 72.1. The normalized spacial score (nSPS) is 26.7. The summed E-state index contributed by atoms with van der Waals surface area (Å²) in [5.41, 5.74) is 0. The summed E-state index contributed by atoms with van der Waals surface area (Å²) >= 11 is 0. The smallest absolute Gasteiger partial charge is 0.310 e. The van der Waals surface area contributed by atoms with E-state index >= 15 is 0 Å². The minimum absolute atomic E-state index is 0.00488. The monoisotopic (exact) mass is 971 g/mol. The highest BCUT2D eigenvalue weighted by Gasteiger charge is 2.47. The van der Waals surface area contributed by atoms with Gasteiger partial charge in [-0.05, 0) is 83.5 Å². The molecule has 0 aromatic rings. The molecule has 0 radical (unpaired) electrons. The molecule has 69 heavy (non-hydrogen) atoms. The van der Waals surface area contributed by atoms with Crippen LogP contribution >= 0.6 is 0 Å². The molecule has 11 atom stereocenters. The molecule has 2 rings (SSSR count). The third-order valence-corrected chi connectivity index (χ3v) is 11.0. The summed E-state index contributed by atoms with van der Waals surface area (Å²) in [6, 6.07) is 0. The molecule has 0 aromatic heterocycles. The van der Waals surface area contributed by atoms with Crippen molar-refractivity contribution in [2.24, 2.45) is 0 Å². The predicted octanol–water partition coefficient (Wildman–Crippen LogP) is 7.40. The molecule has 0 aliphatic carbocycles. The van der Waals surface area contributed by atoms with Crippen LogP contribution in [0.4, 0.5) is 0 Å². The zero-order chi connectivity index (χ0) is 50.2. The number of hydrogen-bond acceptors (Lipinski definition) is 14. The molecular weight excluding hydrogens is 885 g/mol. The quantitative estimate of drug-likeness (QED) is 0.0184. The molecule has 2 heterocycles. The number of carbonyl (C=O) groups excluding carboxylic acids is 1. The van der Waals surface area contributed by atoms with Gasteiger partial charge in [0, 0.05) is 6.61 Å². The number of aliphatic hydroxyl groups is 7. The van der Waals surface area contributed by atoms with Gasteiger partial charge < -0.3 is 64.2 Å². The van der Waals surface area contributed by atoms with Gasteiger partial charge in [-0.25, -0.2) is 0 Å². The van der Waals surface area contributed by atoms with Crippen LogP contribution in [0.15, 0.2) is 122 Å². The Labute approximate surface area is 412 Å². The Balaban J connectivity index is 1.83. The van der Waals surface area contributed by atoms with Crippen molar-refractivity contribution in [3.8, 4) is 0 Å². The largest absolute Gasteiger partial charge is 0.457 e. The van der Waals surface area contributed by atoms with E-state index in [1.807, 2.05) is 12.2 Å². The van der Waals surface area contributed by atoms with Crippen LogP contribution in [-0.2, 0) is 33.2 Å². The SMILES string of the molecule is CC/C=C\C/C=C\C/C=C\C/C=C\C/C=C\CCCCCCOCC(COC1OC(COC2OC(CO)C(O)C(O)C2O)C(O)C(O)C1O)OC(=O)C/C=C\C/C=C\C/C=C\C/C=C\C/C=C\CC. The van der Waals surface area contributed by atoms with Crippen LogP contribution in [0.3, 0.4) is 0 Å². The molecule has 0 amide bonds. The zero-order valence-electron chi connectivity index (χ0n) is 41.2. The molecule has 0 bridgehead atoms. The summed E-state index contributed by atoms with van der Waals surface area (Å²) in [6.07, 6.45) is 40.0. The second-order valence-electron chi connectivity index (χ2n) is 16.9. The first-order chi connectivity index (χ1) is 33.6.